The molecule has 0 aromatic carbocycles. The lowest BCUT2D eigenvalue weighted by atomic mass is 9.95. The molecule has 1 aliphatic heterocycles. The monoisotopic (exact) mass is 367 g/mol. The number of hydrogen-bond acceptors (Lipinski definition) is 4. The maximum absolute atomic E-state index is 12.7. The molecule has 7 heteroatoms. The number of aromatic amines is 1. The van der Waals surface area contributed by atoms with Crippen molar-refractivity contribution in [3.63, 3.8) is 0 Å². The fraction of sp³-hybridized carbons (Fsp3) is 0.500. The van der Waals surface area contributed by atoms with Crippen LogP contribution < -0.4 is 5.32 Å². The lowest BCUT2D eigenvalue weighted by Crippen LogP contribution is -2.45. The molecule has 7 nitrogen and oxygen atoms in total. The summed E-state index contributed by atoms with van der Waals surface area (Å²) in [5.74, 6) is 0.122. The molecule has 1 saturated carbocycles. The van der Waals surface area contributed by atoms with Gasteiger partial charge in [0, 0.05) is 43.0 Å². The first-order chi connectivity index (χ1) is 13.2. The van der Waals surface area contributed by atoms with Crippen molar-refractivity contribution < 1.29 is 9.59 Å². The van der Waals surface area contributed by atoms with Gasteiger partial charge in [0.25, 0.3) is 5.91 Å². The summed E-state index contributed by atoms with van der Waals surface area (Å²) in [5, 5.41) is 10.3. The predicted molar refractivity (Wildman–Crippen MR) is 101 cm³/mol. The molecular weight excluding hydrogens is 342 g/mol. The SMILES string of the molecule is O=C(NC1CCCC1)C1CCN(C(=O)c2cc(-c3ccncc3)n[nH]2)CC1. The molecule has 0 bridgehead atoms. The largest absolute Gasteiger partial charge is 0.353 e. The fourth-order valence-corrected chi connectivity index (χ4v) is 4.01. The summed E-state index contributed by atoms with van der Waals surface area (Å²) in [4.78, 5) is 31.0. The normalized spacial score (nSPS) is 18.6. The van der Waals surface area contributed by atoms with Crippen LogP contribution in [-0.2, 0) is 4.79 Å². The van der Waals surface area contributed by atoms with Gasteiger partial charge in [-0.05, 0) is 43.9 Å². The highest BCUT2D eigenvalue weighted by Gasteiger charge is 2.30. The Kier molecular flexibility index (Phi) is 5.18. The lowest BCUT2D eigenvalue weighted by Gasteiger charge is -2.31. The molecule has 0 radical (unpaired) electrons. The van der Waals surface area contributed by atoms with E-state index in [2.05, 4.69) is 20.5 Å². The van der Waals surface area contributed by atoms with Crippen LogP contribution in [0.1, 0.15) is 49.0 Å². The Morgan fingerprint density at radius 3 is 2.48 bits per heavy atom. The summed E-state index contributed by atoms with van der Waals surface area (Å²) in [5.41, 5.74) is 2.13. The molecule has 142 valence electrons. The Morgan fingerprint density at radius 1 is 1.07 bits per heavy atom. The van der Waals surface area contributed by atoms with Gasteiger partial charge in [-0.1, -0.05) is 12.8 Å². The third-order valence-electron chi connectivity index (χ3n) is 5.64. The quantitative estimate of drug-likeness (QED) is 0.868. The Bertz CT molecular complexity index is 790. The minimum absolute atomic E-state index is 0.0174. The molecule has 0 spiro atoms. The van der Waals surface area contributed by atoms with Gasteiger partial charge in [-0.3, -0.25) is 19.7 Å². The summed E-state index contributed by atoms with van der Waals surface area (Å²) in [7, 11) is 0. The second-order valence-electron chi connectivity index (χ2n) is 7.46. The van der Waals surface area contributed by atoms with E-state index in [1.54, 1.807) is 18.5 Å². The van der Waals surface area contributed by atoms with Crippen LogP contribution in [0.15, 0.2) is 30.6 Å². The molecule has 2 fully saturated rings. The number of piperidine rings is 1. The molecule has 2 N–H and O–H groups in total. The average molecular weight is 367 g/mol. The Hall–Kier alpha value is -2.70. The van der Waals surface area contributed by atoms with Gasteiger partial charge in [-0.15, -0.1) is 0 Å². The first-order valence-corrected chi connectivity index (χ1v) is 9.76. The number of H-pyrrole nitrogens is 1. The second kappa shape index (κ2) is 7.90. The zero-order valence-electron chi connectivity index (χ0n) is 15.4. The van der Waals surface area contributed by atoms with Crippen molar-refractivity contribution in [2.24, 2.45) is 5.92 Å². The second-order valence-corrected chi connectivity index (χ2v) is 7.46. The average Bonchev–Trinajstić information content (AvgIpc) is 3.40. The van der Waals surface area contributed by atoms with Crippen LogP contribution in [0.25, 0.3) is 11.3 Å². The Balaban J connectivity index is 1.32. The Morgan fingerprint density at radius 2 is 1.78 bits per heavy atom. The van der Waals surface area contributed by atoms with Gasteiger partial charge in [0.05, 0.1) is 5.69 Å². The van der Waals surface area contributed by atoms with E-state index in [9.17, 15) is 9.59 Å². The van der Waals surface area contributed by atoms with Crippen LogP contribution in [0.2, 0.25) is 0 Å². The van der Waals surface area contributed by atoms with Crippen molar-refractivity contribution in [1.82, 2.24) is 25.4 Å². The molecule has 2 amide bonds. The van der Waals surface area contributed by atoms with Gasteiger partial charge < -0.3 is 10.2 Å². The van der Waals surface area contributed by atoms with Crippen LogP contribution in [0.4, 0.5) is 0 Å². The molecule has 0 unspecified atom stereocenters. The minimum Gasteiger partial charge on any atom is -0.353 e. The number of nitrogens with one attached hydrogen (secondary N) is 2. The van der Waals surface area contributed by atoms with E-state index < -0.39 is 0 Å². The van der Waals surface area contributed by atoms with Gasteiger partial charge in [0.15, 0.2) is 0 Å². The fourth-order valence-electron chi connectivity index (χ4n) is 4.01. The van der Waals surface area contributed by atoms with Gasteiger partial charge in [-0.25, -0.2) is 0 Å². The van der Waals surface area contributed by atoms with E-state index in [1.807, 2.05) is 17.0 Å². The van der Waals surface area contributed by atoms with Crippen LogP contribution in [0.3, 0.4) is 0 Å². The van der Waals surface area contributed by atoms with E-state index in [0.717, 1.165) is 36.9 Å². The van der Waals surface area contributed by atoms with Crippen LogP contribution in [0.5, 0.6) is 0 Å². The summed E-state index contributed by atoms with van der Waals surface area (Å²) in [6, 6.07) is 5.85. The van der Waals surface area contributed by atoms with Crippen molar-refractivity contribution >= 4 is 11.8 Å². The molecule has 2 aliphatic rings. The standard InChI is InChI=1S/C20H25N5O2/c26-19(22-16-3-1-2-4-16)15-7-11-25(12-8-15)20(27)18-13-17(23-24-18)14-5-9-21-10-6-14/h5-6,9-10,13,15-16H,1-4,7-8,11-12H2,(H,22,26)(H,23,24). The van der Waals surface area contributed by atoms with Gasteiger partial charge in [-0.2, -0.15) is 5.10 Å². The molecule has 2 aromatic heterocycles. The molecule has 2 aromatic rings. The highest BCUT2D eigenvalue weighted by atomic mass is 16.2. The lowest BCUT2D eigenvalue weighted by molar-refractivity contribution is -0.127. The molecule has 4 rings (SSSR count). The number of likely N-dealkylation sites (tertiary alicyclic amines) is 1. The number of carbonyl (C=O) groups is 2. The van der Waals surface area contributed by atoms with Crippen molar-refractivity contribution in [3.8, 4) is 11.3 Å². The smallest absolute Gasteiger partial charge is 0.271 e. The number of rotatable bonds is 4. The highest BCUT2D eigenvalue weighted by molar-refractivity contribution is 5.93. The van der Waals surface area contributed by atoms with Crippen molar-refractivity contribution in [3.05, 3.63) is 36.3 Å². The maximum atomic E-state index is 12.7. The zero-order valence-corrected chi connectivity index (χ0v) is 15.4. The van der Waals surface area contributed by atoms with Crippen LogP contribution in [-0.4, -0.2) is 51.0 Å². The van der Waals surface area contributed by atoms with Crippen LogP contribution in [0, 0.1) is 5.92 Å². The van der Waals surface area contributed by atoms with E-state index in [0.29, 0.717) is 24.8 Å². The van der Waals surface area contributed by atoms with Crippen molar-refractivity contribution in [2.45, 2.75) is 44.6 Å². The summed E-state index contributed by atoms with van der Waals surface area (Å²) < 4.78 is 0. The van der Waals surface area contributed by atoms with Gasteiger partial charge in [0.1, 0.15) is 5.69 Å². The third kappa shape index (κ3) is 4.02. The number of amides is 2. The van der Waals surface area contributed by atoms with E-state index in [4.69, 9.17) is 0 Å². The molecule has 27 heavy (non-hydrogen) atoms. The third-order valence-corrected chi connectivity index (χ3v) is 5.64. The minimum atomic E-state index is -0.0579. The number of nitrogens with zero attached hydrogens (tertiary/aromatic N) is 3. The van der Waals surface area contributed by atoms with E-state index in [-0.39, 0.29) is 17.7 Å². The van der Waals surface area contributed by atoms with E-state index >= 15 is 0 Å². The first kappa shape index (κ1) is 17.7. The molecule has 0 atom stereocenters. The molecular formula is C20H25N5O2. The Labute approximate surface area is 158 Å². The first-order valence-electron chi connectivity index (χ1n) is 9.76. The van der Waals surface area contributed by atoms with Gasteiger partial charge >= 0.3 is 0 Å². The summed E-state index contributed by atoms with van der Waals surface area (Å²) in [6.07, 6.45) is 9.46. The predicted octanol–water partition coefficient (Wildman–Crippen LogP) is 2.38. The zero-order chi connectivity index (χ0) is 18.6. The number of hydrogen-bond donors (Lipinski definition) is 2. The number of aromatic nitrogens is 3. The highest BCUT2D eigenvalue weighted by Crippen LogP contribution is 2.23. The number of carbonyl (C=O) groups excluding carboxylic acids is 2. The maximum Gasteiger partial charge on any atom is 0.271 e. The van der Waals surface area contributed by atoms with E-state index in [1.165, 1.54) is 12.8 Å². The summed E-state index contributed by atoms with van der Waals surface area (Å²) in [6.45, 7) is 1.20. The molecule has 3 heterocycles. The number of pyridine rings is 1. The topological polar surface area (TPSA) is 91.0 Å². The van der Waals surface area contributed by atoms with Gasteiger partial charge in [0.2, 0.25) is 5.91 Å². The molecule has 1 saturated heterocycles. The van der Waals surface area contributed by atoms with Crippen molar-refractivity contribution in [2.75, 3.05) is 13.1 Å². The molecule has 1 aliphatic carbocycles. The van der Waals surface area contributed by atoms with Crippen molar-refractivity contribution in [1.29, 1.82) is 0 Å². The summed E-state index contributed by atoms with van der Waals surface area (Å²) >= 11 is 0. The van der Waals surface area contributed by atoms with Crippen LogP contribution >= 0.6 is 0 Å².